The zero-order chi connectivity index (χ0) is 18.6. The van der Waals surface area contributed by atoms with Gasteiger partial charge in [-0.05, 0) is 51.8 Å². The number of piperazine rings is 1. The van der Waals surface area contributed by atoms with Crippen LogP contribution < -0.4 is 0 Å². The Bertz CT molecular complexity index is 803. The molecular formula is C17H23FN2O4S. The van der Waals surface area contributed by atoms with E-state index in [4.69, 9.17) is 4.74 Å². The Morgan fingerprint density at radius 1 is 1.24 bits per heavy atom. The van der Waals surface area contributed by atoms with Gasteiger partial charge in [0.2, 0.25) is 10.0 Å². The van der Waals surface area contributed by atoms with Gasteiger partial charge >= 0.3 is 6.09 Å². The standard InChI is InChI=1S/C17H23FN2O4S/c1-11-5-6-14(8-15(11)18)25(22,23)20-10-12-7-13(20)9-19(12)16(21)24-17(2,3)4/h5-6,8,12-13H,7,9-10H2,1-4H3. The molecule has 6 nitrogen and oxygen atoms in total. The zero-order valence-electron chi connectivity index (χ0n) is 14.8. The molecule has 2 aliphatic rings. The van der Waals surface area contributed by atoms with Gasteiger partial charge in [0.05, 0.1) is 10.9 Å². The quantitative estimate of drug-likeness (QED) is 0.802. The molecule has 1 amide bonds. The summed E-state index contributed by atoms with van der Waals surface area (Å²) >= 11 is 0. The maximum Gasteiger partial charge on any atom is 0.410 e. The number of fused-ring (bicyclic) bond motifs is 2. The largest absolute Gasteiger partial charge is 0.444 e. The Hall–Kier alpha value is -1.67. The van der Waals surface area contributed by atoms with Crippen LogP contribution in [-0.4, -0.2) is 54.5 Å². The molecule has 0 aliphatic carbocycles. The molecule has 2 atom stereocenters. The van der Waals surface area contributed by atoms with Crippen LogP contribution in [0.2, 0.25) is 0 Å². The summed E-state index contributed by atoms with van der Waals surface area (Å²) in [4.78, 5) is 13.8. The van der Waals surface area contributed by atoms with E-state index in [9.17, 15) is 17.6 Å². The third-order valence-electron chi connectivity index (χ3n) is 4.57. The lowest BCUT2D eigenvalue weighted by atomic mass is 10.2. The Labute approximate surface area is 147 Å². The number of carbonyl (C=O) groups excluding carboxylic acids is 1. The van der Waals surface area contributed by atoms with Crippen LogP contribution >= 0.6 is 0 Å². The maximum atomic E-state index is 13.8. The number of amides is 1. The minimum absolute atomic E-state index is 0.0491. The van der Waals surface area contributed by atoms with Crippen LogP contribution in [0.3, 0.4) is 0 Å². The van der Waals surface area contributed by atoms with Crippen molar-refractivity contribution in [3.63, 3.8) is 0 Å². The van der Waals surface area contributed by atoms with Gasteiger partial charge in [-0.3, -0.25) is 0 Å². The summed E-state index contributed by atoms with van der Waals surface area (Å²) in [5.74, 6) is -0.541. The van der Waals surface area contributed by atoms with Gasteiger partial charge in [-0.15, -0.1) is 0 Å². The van der Waals surface area contributed by atoms with Gasteiger partial charge in [-0.1, -0.05) is 6.07 Å². The van der Waals surface area contributed by atoms with Gasteiger partial charge < -0.3 is 9.64 Å². The number of nitrogens with zero attached hydrogens (tertiary/aromatic N) is 2. The minimum atomic E-state index is -3.78. The highest BCUT2D eigenvalue weighted by Crippen LogP contribution is 2.36. The number of sulfonamides is 1. The second kappa shape index (κ2) is 5.95. The van der Waals surface area contributed by atoms with Crippen LogP contribution in [0.15, 0.2) is 23.1 Å². The first kappa shape index (κ1) is 18.1. The van der Waals surface area contributed by atoms with E-state index in [1.165, 1.54) is 16.4 Å². The molecule has 1 aromatic carbocycles. The number of ether oxygens (including phenoxy) is 1. The van der Waals surface area contributed by atoms with Crippen molar-refractivity contribution in [2.45, 2.75) is 56.7 Å². The Morgan fingerprint density at radius 2 is 1.92 bits per heavy atom. The fourth-order valence-corrected chi connectivity index (χ4v) is 5.02. The van der Waals surface area contributed by atoms with E-state index in [0.717, 1.165) is 6.07 Å². The molecule has 3 rings (SSSR count). The van der Waals surface area contributed by atoms with Crippen LogP contribution in [0, 0.1) is 12.7 Å². The van der Waals surface area contributed by atoms with Gasteiger partial charge in [0, 0.05) is 19.1 Å². The minimum Gasteiger partial charge on any atom is -0.444 e. The molecule has 0 aromatic heterocycles. The topological polar surface area (TPSA) is 66.9 Å². The second-order valence-electron chi connectivity index (χ2n) is 7.66. The van der Waals surface area contributed by atoms with Gasteiger partial charge in [0.15, 0.2) is 0 Å². The van der Waals surface area contributed by atoms with E-state index >= 15 is 0 Å². The third-order valence-corrected chi connectivity index (χ3v) is 6.48. The lowest BCUT2D eigenvalue weighted by Gasteiger charge is -2.34. The van der Waals surface area contributed by atoms with E-state index in [0.29, 0.717) is 18.5 Å². The molecule has 2 bridgehead atoms. The average Bonchev–Trinajstić information content (AvgIpc) is 3.08. The van der Waals surface area contributed by atoms with Crippen LogP contribution in [-0.2, 0) is 14.8 Å². The number of benzene rings is 1. The summed E-state index contributed by atoms with van der Waals surface area (Å²) in [6.07, 6.45) is 0.158. The Kier molecular flexibility index (Phi) is 4.31. The summed E-state index contributed by atoms with van der Waals surface area (Å²) in [6, 6.07) is 3.44. The predicted octanol–water partition coefficient (Wildman–Crippen LogP) is 2.52. The molecule has 0 spiro atoms. The molecule has 25 heavy (non-hydrogen) atoms. The number of likely N-dealkylation sites (tertiary alicyclic amines) is 1. The van der Waals surface area contributed by atoms with Crippen molar-refractivity contribution >= 4 is 16.1 Å². The van der Waals surface area contributed by atoms with Crippen molar-refractivity contribution in [2.75, 3.05) is 13.1 Å². The highest BCUT2D eigenvalue weighted by Gasteiger charge is 2.50. The van der Waals surface area contributed by atoms with E-state index in [-0.39, 0.29) is 23.5 Å². The fourth-order valence-electron chi connectivity index (χ4n) is 3.34. The van der Waals surface area contributed by atoms with Crippen molar-refractivity contribution in [1.82, 2.24) is 9.21 Å². The number of aryl methyl sites for hydroxylation is 1. The van der Waals surface area contributed by atoms with Crippen molar-refractivity contribution < 1.29 is 22.3 Å². The number of carbonyl (C=O) groups is 1. The average molecular weight is 370 g/mol. The molecule has 138 valence electrons. The monoisotopic (exact) mass is 370 g/mol. The summed E-state index contributed by atoms with van der Waals surface area (Å²) in [5, 5.41) is 0. The molecule has 2 aliphatic heterocycles. The number of halogens is 1. The first-order valence-electron chi connectivity index (χ1n) is 8.26. The predicted molar refractivity (Wildman–Crippen MR) is 90.2 cm³/mol. The number of hydrogen-bond donors (Lipinski definition) is 0. The van der Waals surface area contributed by atoms with Crippen LogP contribution in [0.5, 0.6) is 0 Å². The molecule has 2 heterocycles. The normalized spacial score (nSPS) is 24.0. The van der Waals surface area contributed by atoms with Crippen molar-refractivity contribution in [3.05, 3.63) is 29.6 Å². The van der Waals surface area contributed by atoms with E-state index < -0.39 is 27.5 Å². The van der Waals surface area contributed by atoms with Gasteiger partial charge in [0.25, 0.3) is 0 Å². The molecule has 2 unspecified atom stereocenters. The highest BCUT2D eigenvalue weighted by molar-refractivity contribution is 7.89. The Morgan fingerprint density at radius 3 is 2.44 bits per heavy atom. The molecule has 0 radical (unpaired) electrons. The van der Waals surface area contributed by atoms with Crippen molar-refractivity contribution in [1.29, 1.82) is 0 Å². The first-order valence-corrected chi connectivity index (χ1v) is 9.70. The van der Waals surface area contributed by atoms with Crippen LogP contribution in [0.25, 0.3) is 0 Å². The first-order chi connectivity index (χ1) is 11.5. The van der Waals surface area contributed by atoms with Gasteiger partial charge in [-0.25, -0.2) is 17.6 Å². The fraction of sp³-hybridized carbons (Fsp3) is 0.588. The smallest absolute Gasteiger partial charge is 0.410 e. The van der Waals surface area contributed by atoms with Gasteiger partial charge in [-0.2, -0.15) is 4.31 Å². The molecule has 1 aromatic rings. The maximum absolute atomic E-state index is 13.8. The van der Waals surface area contributed by atoms with Crippen molar-refractivity contribution in [3.8, 4) is 0 Å². The molecular weight excluding hydrogens is 347 g/mol. The Balaban J connectivity index is 1.76. The summed E-state index contributed by atoms with van der Waals surface area (Å²) in [7, 11) is -3.78. The lowest BCUT2D eigenvalue weighted by molar-refractivity contribution is 0.0173. The van der Waals surface area contributed by atoms with Gasteiger partial charge in [0.1, 0.15) is 11.4 Å². The summed E-state index contributed by atoms with van der Waals surface area (Å²) in [6.45, 7) is 7.48. The summed E-state index contributed by atoms with van der Waals surface area (Å²) < 4.78 is 46.1. The molecule has 0 saturated carbocycles. The summed E-state index contributed by atoms with van der Waals surface area (Å²) in [5.41, 5.74) is -0.192. The molecule has 0 N–H and O–H groups in total. The van der Waals surface area contributed by atoms with E-state index in [1.807, 2.05) is 0 Å². The SMILES string of the molecule is Cc1ccc(S(=O)(=O)N2CC3CC2CN3C(=O)OC(C)(C)C)cc1F. The molecule has 8 heteroatoms. The third kappa shape index (κ3) is 3.37. The molecule has 2 saturated heterocycles. The van der Waals surface area contributed by atoms with E-state index in [2.05, 4.69) is 0 Å². The molecule has 2 fully saturated rings. The highest BCUT2D eigenvalue weighted by atomic mass is 32.2. The van der Waals surface area contributed by atoms with E-state index in [1.54, 1.807) is 32.6 Å². The van der Waals surface area contributed by atoms with Crippen molar-refractivity contribution in [2.24, 2.45) is 0 Å². The number of hydrogen-bond acceptors (Lipinski definition) is 4. The zero-order valence-corrected chi connectivity index (χ0v) is 15.6. The second-order valence-corrected chi connectivity index (χ2v) is 9.55. The van der Waals surface area contributed by atoms with Crippen LogP contribution in [0.4, 0.5) is 9.18 Å². The lowest BCUT2D eigenvalue weighted by Crippen LogP contribution is -2.51. The number of rotatable bonds is 2. The van der Waals surface area contributed by atoms with Crippen LogP contribution in [0.1, 0.15) is 32.8 Å².